The Morgan fingerprint density at radius 3 is 2.50 bits per heavy atom. The molecule has 0 atom stereocenters. The maximum atomic E-state index is 4.15. The number of hydrogen-bond donors (Lipinski definition) is 1. The second-order valence-corrected chi connectivity index (χ2v) is 5.81. The number of likely N-dealkylation sites (N-methyl/N-ethyl adjacent to an activating group) is 1. The maximum absolute atomic E-state index is 4.15. The van der Waals surface area contributed by atoms with Crippen molar-refractivity contribution >= 4 is 0 Å². The standard InChI is InChI=1S/C15H23N3/c1-16-12-15(13-4-8-17-9-5-13)6-10-18(11-7-15)14-2-3-14/h4-5,8-9,14,16H,2-3,6-7,10-12H2,1H3. The summed E-state index contributed by atoms with van der Waals surface area (Å²) in [6.07, 6.45) is 9.26. The van der Waals surface area contributed by atoms with E-state index in [1.165, 1.54) is 44.3 Å². The van der Waals surface area contributed by atoms with E-state index in [0.717, 1.165) is 12.6 Å². The molecule has 1 saturated carbocycles. The third kappa shape index (κ3) is 2.29. The highest BCUT2D eigenvalue weighted by molar-refractivity contribution is 5.25. The first kappa shape index (κ1) is 12.1. The van der Waals surface area contributed by atoms with Crippen LogP contribution in [0.3, 0.4) is 0 Å². The lowest BCUT2D eigenvalue weighted by Crippen LogP contribution is -2.48. The predicted octanol–water partition coefficient (Wildman–Crippen LogP) is 1.80. The van der Waals surface area contributed by atoms with Gasteiger partial charge in [0, 0.05) is 30.4 Å². The van der Waals surface area contributed by atoms with Gasteiger partial charge in [0.05, 0.1) is 0 Å². The van der Waals surface area contributed by atoms with Gasteiger partial charge in [-0.25, -0.2) is 0 Å². The largest absolute Gasteiger partial charge is 0.319 e. The van der Waals surface area contributed by atoms with Gasteiger partial charge in [0.15, 0.2) is 0 Å². The fourth-order valence-electron chi connectivity index (χ4n) is 3.37. The molecule has 0 radical (unpaired) electrons. The molecule has 0 bridgehead atoms. The van der Waals surface area contributed by atoms with Crippen LogP contribution in [0.15, 0.2) is 24.5 Å². The normalized spacial score (nSPS) is 24.1. The molecule has 1 N–H and O–H groups in total. The molecule has 98 valence electrons. The summed E-state index contributed by atoms with van der Waals surface area (Å²) >= 11 is 0. The number of likely N-dealkylation sites (tertiary alicyclic amines) is 1. The number of piperidine rings is 1. The molecular formula is C15H23N3. The van der Waals surface area contributed by atoms with Crippen LogP contribution in [0.2, 0.25) is 0 Å². The van der Waals surface area contributed by atoms with Crippen molar-refractivity contribution in [2.75, 3.05) is 26.7 Å². The fourth-order valence-corrected chi connectivity index (χ4v) is 3.37. The van der Waals surface area contributed by atoms with Crippen molar-refractivity contribution in [3.63, 3.8) is 0 Å². The minimum absolute atomic E-state index is 0.322. The van der Waals surface area contributed by atoms with Crippen molar-refractivity contribution in [1.82, 2.24) is 15.2 Å². The smallest absolute Gasteiger partial charge is 0.0270 e. The molecule has 2 aliphatic rings. The van der Waals surface area contributed by atoms with E-state index in [-0.39, 0.29) is 0 Å². The first-order chi connectivity index (χ1) is 8.84. The van der Waals surface area contributed by atoms with Gasteiger partial charge >= 0.3 is 0 Å². The number of rotatable bonds is 4. The lowest BCUT2D eigenvalue weighted by Gasteiger charge is -2.42. The molecule has 1 aliphatic heterocycles. The lowest BCUT2D eigenvalue weighted by atomic mass is 9.73. The molecular weight excluding hydrogens is 222 g/mol. The SMILES string of the molecule is CNCC1(c2ccncc2)CCN(C2CC2)CC1. The van der Waals surface area contributed by atoms with Gasteiger partial charge in [-0.05, 0) is 63.5 Å². The summed E-state index contributed by atoms with van der Waals surface area (Å²) in [5.41, 5.74) is 1.78. The lowest BCUT2D eigenvalue weighted by molar-refractivity contribution is 0.150. The molecule has 0 aromatic carbocycles. The topological polar surface area (TPSA) is 28.2 Å². The first-order valence-corrected chi connectivity index (χ1v) is 7.13. The first-order valence-electron chi connectivity index (χ1n) is 7.13. The average Bonchev–Trinajstić information content (AvgIpc) is 3.25. The Labute approximate surface area is 110 Å². The van der Waals surface area contributed by atoms with E-state index >= 15 is 0 Å². The quantitative estimate of drug-likeness (QED) is 0.876. The Balaban J connectivity index is 1.76. The molecule has 18 heavy (non-hydrogen) atoms. The van der Waals surface area contributed by atoms with Crippen molar-refractivity contribution in [3.8, 4) is 0 Å². The molecule has 3 rings (SSSR count). The monoisotopic (exact) mass is 245 g/mol. The van der Waals surface area contributed by atoms with Gasteiger partial charge in [-0.15, -0.1) is 0 Å². The zero-order valence-corrected chi connectivity index (χ0v) is 11.2. The van der Waals surface area contributed by atoms with Crippen molar-refractivity contribution in [2.24, 2.45) is 0 Å². The Bertz CT molecular complexity index is 378. The highest BCUT2D eigenvalue weighted by Gasteiger charge is 2.39. The molecule has 0 amide bonds. The molecule has 0 spiro atoms. The third-order valence-corrected chi connectivity index (χ3v) is 4.63. The van der Waals surface area contributed by atoms with Gasteiger partial charge < -0.3 is 10.2 Å². The van der Waals surface area contributed by atoms with E-state index in [0.29, 0.717) is 5.41 Å². The molecule has 1 aromatic heterocycles. The molecule has 3 nitrogen and oxygen atoms in total. The Hall–Kier alpha value is -0.930. The summed E-state index contributed by atoms with van der Waals surface area (Å²) in [7, 11) is 2.07. The predicted molar refractivity (Wildman–Crippen MR) is 73.7 cm³/mol. The zero-order chi connectivity index (χ0) is 12.4. The van der Waals surface area contributed by atoms with Crippen LogP contribution in [0.4, 0.5) is 0 Å². The molecule has 3 heteroatoms. The minimum atomic E-state index is 0.322. The van der Waals surface area contributed by atoms with Crippen LogP contribution in [-0.4, -0.2) is 42.6 Å². The summed E-state index contributed by atoms with van der Waals surface area (Å²) < 4.78 is 0. The molecule has 1 aliphatic carbocycles. The van der Waals surface area contributed by atoms with Crippen LogP contribution < -0.4 is 5.32 Å². The van der Waals surface area contributed by atoms with Crippen molar-refractivity contribution < 1.29 is 0 Å². The van der Waals surface area contributed by atoms with E-state index in [2.05, 4.69) is 34.4 Å². The molecule has 0 unspecified atom stereocenters. The number of nitrogens with one attached hydrogen (secondary N) is 1. The number of aromatic nitrogens is 1. The van der Waals surface area contributed by atoms with Crippen LogP contribution >= 0.6 is 0 Å². The highest BCUT2D eigenvalue weighted by atomic mass is 15.2. The van der Waals surface area contributed by atoms with Gasteiger partial charge in [0.2, 0.25) is 0 Å². The van der Waals surface area contributed by atoms with Gasteiger partial charge in [0.25, 0.3) is 0 Å². The minimum Gasteiger partial charge on any atom is -0.319 e. The fraction of sp³-hybridized carbons (Fsp3) is 0.667. The number of nitrogens with zero attached hydrogens (tertiary/aromatic N) is 2. The summed E-state index contributed by atoms with van der Waals surface area (Å²) in [6.45, 7) is 3.60. The second kappa shape index (κ2) is 4.98. The highest BCUT2D eigenvalue weighted by Crippen LogP contribution is 2.38. The van der Waals surface area contributed by atoms with Crippen LogP contribution in [0, 0.1) is 0 Å². The van der Waals surface area contributed by atoms with Crippen LogP contribution in [0.25, 0.3) is 0 Å². The maximum Gasteiger partial charge on any atom is 0.0270 e. The Morgan fingerprint density at radius 1 is 1.28 bits per heavy atom. The zero-order valence-electron chi connectivity index (χ0n) is 11.2. The van der Waals surface area contributed by atoms with E-state index in [9.17, 15) is 0 Å². The molecule has 2 fully saturated rings. The van der Waals surface area contributed by atoms with Gasteiger partial charge in [-0.2, -0.15) is 0 Å². The van der Waals surface area contributed by atoms with Crippen LogP contribution in [0.5, 0.6) is 0 Å². The van der Waals surface area contributed by atoms with Crippen molar-refractivity contribution in [3.05, 3.63) is 30.1 Å². The van der Waals surface area contributed by atoms with Crippen molar-refractivity contribution in [1.29, 1.82) is 0 Å². The van der Waals surface area contributed by atoms with E-state index in [4.69, 9.17) is 0 Å². The van der Waals surface area contributed by atoms with Crippen LogP contribution in [-0.2, 0) is 5.41 Å². The van der Waals surface area contributed by atoms with Crippen molar-refractivity contribution in [2.45, 2.75) is 37.1 Å². The summed E-state index contributed by atoms with van der Waals surface area (Å²) in [5, 5.41) is 3.40. The Morgan fingerprint density at radius 2 is 1.94 bits per heavy atom. The molecule has 1 saturated heterocycles. The summed E-state index contributed by atoms with van der Waals surface area (Å²) in [6, 6.07) is 5.31. The third-order valence-electron chi connectivity index (χ3n) is 4.63. The number of pyridine rings is 1. The molecule has 1 aromatic rings. The molecule has 2 heterocycles. The van der Waals surface area contributed by atoms with Gasteiger partial charge in [-0.1, -0.05) is 0 Å². The van der Waals surface area contributed by atoms with E-state index in [1.807, 2.05) is 12.4 Å². The number of hydrogen-bond acceptors (Lipinski definition) is 3. The van der Waals surface area contributed by atoms with E-state index in [1.54, 1.807) is 0 Å². The van der Waals surface area contributed by atoms with Gasteiger partial charge in [0.1, 0.15) is 0 Å². The summed E-state index contributed by atoms with van der Waals surface area (Å²) in [4.78, 5) is 6.84. The van der Waals surface area contributed by atoms with Gasteiger partial charge in [-0.3, -0.25) is 4.98 Å². The Kier molecular flexibility index (Phi) is 3.35. The van der Waals surface area contributed by atoms with E-state index < -0.39 is 0 Å². The summed E-state index contributed by atoms with van der Waals surface area (Å²) in [5.74, 6) is 0. The second-order valence-electron chi connectivity index (χ2n) is 5.81. The van der Waals surface area contributed by atoms with Crippen LogP contribution in [0.1, 0.15) is 31.2 Å². The average molecular weight is 245 g/mol.